The number of halogens is 6. The molecule has 3 atom stereocenters. The van der Waals surface area contributed by atoms with Gasteiger partial charge in [-0.05, 0) is 50.4 Å². The molecule has 3 unspecified atom stereocenters. The maximum absolute atomic E-state index is 14.3. The molecular weight excluding hydrogens is 284 g/mol. The van der Waals surface area contributed by atoms with Crippen molar-refractivity contribution in [3.8, 4) is 0 Å². The second-order valence-electron chi connectivity index (χ2n) is 7.13. The third-order valence-corrected chi connectivity index (χ3v) is 5.42. The Balaban J connectivity index is 1.96. The molecule has 20 heavy (non-hydrogen) atoms. The normalized spacial score (nSPS) is 45.8. The fourth-order valence-corrected chi connectivity index (χ4v) is 5.20. The van der Waals surface area contributed by atoms with E-state index >= 15 is 0 Å². The van der Waals surface area contributed by atoms with E-state index in [9.17, 15) is 26.3 Å². The van der Waals surface area contributed by atoms with E-state index < -0.39 is 29.2 Å². The van der Waals surface area contributed by atoms with Gasteiger partial charge in [0, 0.05) is 11.0 Å². The summed E-state index contributed by atoms with van der Waals surface area (Å²) in [6.07, 6.45) is -8.02. The topological polar surface area (TPSA) is 26.0 Å². The summed E-state index contributed by atoms with van der Waals surface area (Å²) in [7, 11) is 0. The molecule has 0 aliphatic heterocycles. The first kappa shape index (κ1) is 14.5. The van der Waals surface area contributed by atoms with E-state index in [0.717, 1.165) is 6.42 Å². The van der Waals surface area contributed by atoms with Crippen molar-refractivity contribution in [2.75, 3.05) is 0 Å². The summed E-state index contributed by atoms with van der Waals surface area (Å²) in [5, 5.41) is 0. The summed E-state index contributed by atoms with van der Waals surface area (Å²) >= 11 is 0. The molecule has 0 aromatic heterocycles. The molecule has 0 radical (unpaired) electrons. The smallest absolute Gasteiger partial charge is 0.325 e. The van der Waals surface area contributed by atoms with Gasteiger partial charge in [0.25, 0.3) is 12.1 Å². The Morgan fingerprint density at radius 3 is 1.85 bits per heavy atom. The van der Waals surface area contributed by atoms with E-state index in [1.165, 1.54) is 0 Å². The zero-order valence-corrected chi connectivity index (χ0v) is 10.8. The summed E-state index contributed by atoms with van der Waals surface area (Å²) < 4.78 is 79.3. The van der Waals surface area contributed by atoms with E-state index in [-0.39, 0.29) is 31.1 Å². The van der Waals surface area contributed by atoms with Crippen molar-refractivity contribution in [2.45, 2.75) is 62.3 Å². The number of alkyl halides is 6. The Morgan fingerprint density at radius 1 is 0.950 bits per heavy atom. The first-order valence-corrected chi connectivity index (χ1v) is 6.85. The Labute approximate surface area is 112 Å². The zero-order valence-electron chi connectivity index (χ0n) is 10.8. The van der Waals surface area contributed by atoms with E-state index in [0.29, 0.717) is 12.8 Å². The van der Waals surface area contributed by atoms with Gasteiger partial charge >= 0.3 is 6.18 Å². The van der Waals surface area contributed by atoms with Gasteiger partial charge in [-0.1, -0.05) is 0 Å². The minimum absolute atomic E-state index is 0.0358. The number of hydrogen-bond acceptors (Lipinski definition) is 1. The average Bonchev–Trinajstić information content (AvgIpc) is 2.22. The highest BCUT2D eigenvalue weighted by Crippen LogP contribution is 2.67. The largest absolute Gasteiger partial charge is 0.425 e. The Hall–Kier alpha value is -0.460. The number of rotatable bonds is 2. The second kappa shape index (κ2) is 3.84. The standard InChI is InChI=1S/C13H17F6N/c14-9(13(17,18)19)12(15,16)10-2-7-1-8(3-10)5-11(20,4-7)6-10/h7-9H,1-6,20H2. The van der Waals surface area contributed by atoms with Crippen LogP contribution in [0.2, 0.25) is 0 Å². The maximum Gasteiger partial charge on any atom is 0.425 e. The third kappa shape index (κ3) is 1.88. The lowest BCUT2D eigenvalue weighted by molar-refractivity contribution is -0.301. The predicted molar refractivity (Wildman–Crippen MR) is 59.9 cm³/mol. The second-order valence-corrected chi connectivity index (χ2v) is 7.13. The molecule has 4 aliphatic rings. The van der Waals surface area contributed by atoms with Crippen molar-refractivity contribution in [3.63, 3.8) is 0 Å². The Kier molecular flexibility index (Phi) is 2.78. The molecule has 1 nitrogen and oxygen atoms in total. The van der Waals surface area contributed by atoms with E-state index in [1.807, 2.05) is 0 Å². The maximum atomic E-state index is 14.3. The molecule has 0 amide bonds. The highest BCUT2D eigenvalue weighted by molar-refractivity contribution is 5.16. The lowest BCUT2D eigenvalue weighted by Crippen LogP contribution is -2.67. The zero-order chi connectivity index (χ0) is 15.0. The van der Waals surface area contributed by atoms with Crippen molar-refractivity contribution in [1.82, 2.24) is 0 Å². The SMILES string of the molecule is NC12CC3CC(C1)CC(C(F)(F)C(F)C(F)(F)F)(C3)C2. The molecule has 0 spiro atoms. The van der Waals surface area contributed by atoms with Gasteiger partial charge in [-0.25, -0.2) is 13.2 Å². The van der Waals surface area contributed by atoms with Gasteiger partial charge in [-0.3, -0.25) is 0 Å². The van der Waals surface area contributed by atoms with Gasteiger partial charge in [-0.2, -0.15) is 13.2 Å². The quantitative estimate of drug-likeness (QED) is 0.771. The van der Waals surface area contributed by atoms with Crippen molar-refractivity contribution in [2.24, 2.45) is 23.0 Å². The van der Waals surface area contributed by atoms with E-state index in [4.69, 9.17) is 5.73 Å². The van der Waals surface area contributed by atoms with Crippen LogP contribution in [0.1, 0.15) is 38.5 Å². The summed E-state index contributed by atoms with van der Waals surface area (Å²) in [5.41, 5.74) is 3.32. The van der Waals surface area contributed by atoms with Gasteiger partial charge in [0.2, 0.25) is 0 Å². The van der Waals surface area contributed by atoms with Crippen molar-refractivity contribution >= 4 is 0 Å². The molecule has 4 rings (SSSR count). The van der Waals surface area contributed by atoms with E-state index in [1.54, 1.807) is 0 Å². The average molecular weight is 301 g/mol. The minimum Gasteiger partial charge on any atom is -0.325 e. The molecule has 2 N–H and O–H groups in total. The Morgan fingerprint density at radius 2 is 1.45 bits per heavy atom. The molecule has 4 aliphatic carbocycles. The fourth-order valence-electron chi connectivity index (χ4n) is 5.20. The highest BCUT2D eigenvalue weighted by Gasteiger charge is 2.72. The predicted octanol–water partition coefficient (Wildman–Crippen LogP) is 3.82. The fraction of sp³-hybridized carbons (Fsp3) is 1.00. The molecular formula is C13H17F6N. The van der Waals surface area contributed by atoms with E-state index in [2.05, 4.69) is 0 Å². The summed E-state index contributed by atoms with van der Waals surface area (Å²) in [4.78, 5) is 0. The molecule has 0 aromatic rings. The summed E-state index contributed by atoms with van der Waals surface area (Å²) in [6.45, 7) is 0. The molecule has 7 heteroatoms. The molecule has 0 aromatic carbocycles. The van der Waals surface area contributed by atoms with Crippen molar-refractivity contribution in [1.29, 1.82) is 0 Å². The van der Waals surface area contributed by atoms with Crippen LogP contribution >= 0.6 is 0 Å². The van der Waals surface area contributed by atoms with Crippen LogP contribution in [0.25, 0.3) is 0 Å². The van der Waals surface area contributed by atoms with Crippen LogP contribution in [0, 0.1) is 17.3 Å². The van der Waals surface area contributed by atoms with Gasteiger partial charge in [0.05, 0.1) is 0 Å². The third-order valence-electron chi connectivity index (χ3n) is 5.42. The van der Waals surface area contributed by atoms with Gasteiger partial charge in [0.1, 0.15) is 0 Å². The lowest BCUT2D eigenvalue weighted by Gasteiger charge is -2.62. The molecule has 4 saturated carbocycles. The van der Waals surface area contributed by atoms with Crippen LogP contribution in [0.4, 0.5) is 26.3 Å². The number of nitrogens with two attached hydrogens (primary N) is 1. The molecule has 4 bridgehead atoms. The van der Waals surface area contributed by atoms with Crippen molar-refractivity contribution in [3.05, 3.63) is 0 Å². The van der Waals surface area contributed by atoms with Gasteiger partial charge < -0.3 is 5.73 Å². The van der Waals surface area contributed by atoms with Crippen LogP contribution in [0.15, 0.2) is 0 Å². The summed E-state index contributed by atoms with van der Waals surface area (Å²) in [6, 6.07) is 0. The lowest BCUT2D eigenvalue weighted by atomic mass is 9.45. The van der Waals surface area contributed by atoms with Crippen LogP contribution in [0.3, 0.4) is 0 Å². The first-order valence-electron chi connectivity index (χ1n) is 6.85. The molecule has 0 heterocycles. The van der Waals surface area contributed by atoms with Gasteiger partial charge in [0.15, 0.2) is 0 Å². The van der Waals surface area contributed by atoms with Crippen LogP contribution in [-0.4, -0.2) is 23.8 Å². The Bertz CT molecular complexity index is 404. The van der Waals surface area contributed by atoms with Crippen molar-refractivity contribution < 1.29 is 26.3 Å². The van der Waals surface area contributed by atoms with Crippen LogP contribution in [0.5, 0.6) is 0 Å². The van der Waals surface area contributed by atoms with Gasteiger partial charge in [-0.15, -0.1) is 0 Å². The molecule has 4 fully saturated rings. The summed E-state index contributed by atoms with van der Waals surface area (Å²) in [5.74, 6) is -4.58. The van der Waals surface area contributed by atoms with Crippen LogP contribution < -0.4 is 5.73 Å². The monoisotopic (exact) mass is 301 g/mol. The first-order chi connectivity index (χ1) is 8.98. The number of hydrogen-bond donors (Lipinski definition) is 1. The highest BCUT2D eigenvalue weighted by atomic mass is 19.4. The molecule has 0 saturated heterocycles. The minimum atomic E-state index is -5.53. The molecule has 116 valence electrons. The van der Waals surface area contributed by atoms with Crippen LogP contribution in [-0.2, 0) is 0 Å².